The van der Waals surface area contributed by atoms with Gasteiger partial charge in [-0.15, -0.1) is 0 Å². The Bertz CT molecular complexity index is 696. The minimum atomic E-state index is -0.141. The molecule has 0 spiro atoms. The first-order valence-electron chi connectivity index (χ1n) is 6.31. The van der Waals surface area contributed by atoms with Crippen molar-refractivity contribution in [2.75, 3.05) is 0 Å². The highest BCUT2D eigenvalue weighted by Crippen LogP contribution is 2.22. The highest BCUT2D eigenvalue weighted by Gasteiger charge is 2.16. The molecule has 19 heavy (non-hydrogen) atoms. The molecule has 3 N–H and O–H groups in total. The third-order valence-corrected chi connectivity index (χ3v) is 3.46. The summed E-state index contributed by atoms with van der Waals surface area (Å²) in [5, 5.41) is 0. The molecule has 0 aliphatic carbocycles. The van der Waals surface area contributed by atoms with Crippen LogP contribution in [0.5, 0.6) is 0 Å². The number of hydrogen-bond donors (Lipinski definition) is 2. The topological polar surface area (TPSA) is 72.5 Å². The molecule has 3 rings (SSSR count). The van der Waals surface area contributed by atoms with Gasteiger partial charge in [-0.05, 0) is 18.6 Å². The third-order valence-electron chi connectivity index (χ3n) is 3.46. The lowest BCUT2D eigenvalue weighted by Gasteiger charge is -2.10. The second-order valence-corrected chi connectivity index (χ2v) is 4.86. The first kappa shape index (κ1) is 11.9. The number of para-hydroxylation sites is 1. The molecule has 1 atom stereocenters. The fourth-order valence-corrected chi connectivity index (χ4v) is 2.54. The van der Waals surface area contributed by atoms with Gasteiger partial charge in [-0.3, -0.25) is 0 Å². The van der Waals surface area contributed by atoms with Crippen molar-refractivity contribution in [3.63, 3.8) is 0 Å². The van der Waals surface area contributed by atoms with E-state index in [0.29, 0.717) is 6.42 Å². The van der Waals surface area contributed by atoms with E-state index in [2.05, 4.69) is 32.5 Å². The number of H-pyrrole nitrogens is 1. The molecule has 1 aromatic carbocycles. The Kier molecular flexibility index (Phi) is 2.83. The number of hydrogen-bond acceptors (Lipinski definition) is 3. The fraction of sp³-hybridized carbons (Fsp3) is 0.286. The van der Waals surface area contributed by atoms with E-state index < -0.39 is 0 Å². The van der Waals surface area contributed by atoms with E-state index in [1.807, 2.05) is 19.2 Å². The smallest absolute Gasteiger partial charge is 0.127 e. The number of imidazole rings is 2. The lowest BCUT2D eigenvalue weighted by Crippen LogP contribution is -2.18. The minimum Gasteiger partial charge on any atom is -0.348 e. The predicted molar refractivity (Wildman–Crippen MR) is 74.7 cm³/mol. The first-order valence-corrected chi connectivity index (χ1v) is 6.31. The van der Waals surface area contributed by atoms with Gasteiger partial charge in [-0.2, -0.15) is 0 Å². The second-order valence-electron chi connectivity index (χ2n) is 4.86. The van der Waals surface area contributed by atoms with Crippen LogP contribution in [-0.2, 0) is 13.5 Å². The van der Waals surface area contributed by atoms with Gasteiger partial charge in [0.15, 0.2) is 0 Å². The quantitative estimate of drug-likeness (QED) is 0.750. The average Bonchev–Trinajstić information content (AvgIpc) is 2.98. The van der Waals surface area contributed by atoms with Gasteiger partial charge in [0, 0.05) is 25.4 Å². The molecular formula is C14H17N5. The summed E-state index contributed by atoms with van der Waals surface area (Å²) in [5.41, 5.74) is 10.7. The van der Waals surface area contributed by atoms with Crippen molar-refractivity contribution in [2.24, 2.45) is 12.8 Å². The zero-order valence-corrected chi connectivity index (χ0v) is 11.1. The van der Waals surface area contributed by atoms with Gasteiger partial charge in [-0.1, -0.05) is 12.1 Å². The van der Waals surface area contributed by atoms with Crippen LogP contribution in [0.4, 0.5) is 0 Å². The molecule has 3 aromatic rings. The molecule has 0 fully saturated rings. The van der Waals surface area contributed by atoms with Crippen LogP contribution in [0.1, 0.15) is 23.1 Å². The Morgan fingerprint density at radius 3 is 2.95 bits per heavy atom. The summed E-state index contributed by atoms with van der Waals surface area (Å²) in [4.78, 5) is 11.7. The van der Waals surface area contributed by atoms with E-state index in [-0.39, 0.29) is 6.04 Å². The minimum absolute atomic E-state index is 0.141. The molecular weight excluding hydrogens is 238 g/mol. The fourth-order valence-electron chi connectivity index (χ4n) is 2.54. The number of fused-ring (bicyclic) bond motifs is 1. The second kappa shape index (κ2) is 4.51. The van der Waals surface area contributed by atoms with E-state index >= 15 is 0 Å². The standard InChI is InChI=1S/C14H17N5/c1-9-4-3-5-12-13(9)19(2)14(18-12)11(15)6-10-7-16-8-17-10/h3-5,7-8,11H,6,15H2,1-2H3,(H,16,17). The Morgan fingerprint density at radius 1 is 1.42 bits per heavy atom. The molecule has 5 heteroatoms. The van der Waals surface area contributed by atoms with E-state index in [0.717, 1.165) is 22.6 Å². The highest BCUT2D eigenvalue weighted by atomic mass is 15.1. The van der Waals surface area contributed by atoms with Gasteiger partial charge < -0.3 is 15.3 Å². The van der Waals surface area contributed by atoms with Gasteiger partial charge in [0.1, 0.15) is 5.82 Å². The number of nitrogens with one attached hydrogen (secondary N) is 1. The Morgan fingerprint density at radius 2 is 2.26 bits per heavy atom. The van der Waals surface area contributed by atoms with Crippen LogP contribution < -0.4 is 5.73 Å². The van der Waals surface area contributed by atoms with Crippen molar-refractivity contribution in [3.05, 3.63) is 47.8 Å². The molecule has 2 heterocycles. The summed E-state index contributed by atoms with van der Waals surface area (Å²) >= 11 is 0. The van der Waals surface area contributed by atoms with Crippen molar-refractivity contribution in [1.29, 1.82) is 0 Å². The van der Waals surface area contributed by atoms with Crippen molar-refractivity contribution < 1.29 is 0 Å². The Hall–Kier alpha value is -2.14. The predicted octanol–water partition coefficient (Wildman–Crippen LogP) is 1.85. The van der Waals surface area contributed by atoms with Crippen LogP contribution in [0.15, 0.2) is 30.7 Å². The van der Waals surface area contributed by atoms with Gasteiger partial charge in [-0.25, -0.2) is 9.97 Å². The molecule has 2 aromatic heterocycles. The van der Waals surface area contributed by atoms with Crippen molar-refractivity contribution in [1.82, 2.24) is 19.5 Å². The molecule has 0 aliphatic rings. The molecule has 5 nitrogen and oxygen atoms in total. The van der Waals surface area contributed by atoms with Crippen molar-refractivity contribution >= 4 is 11.0 Å². The molecule has 0 amide bonds. The number of aryl methyl sites for hydroxylation is 2. The molecule has 0 saturated carbocycles. The van der Waals surface area contributed by atoms with Crippen LogP contribution in [0, 0.1) is 6.92 Å². The molecule has 1 unspecified atom stereocenters. The Balaban J connectivity index is 2.01. The lowest BCUT2D eigenvalue weighted by atomic mass is 10.1. The maximum atomic E-state index is 6.27. The molecule has 0 aliphatic heterocycles. The summed E-state index contributed by atoms with van der Waals surface area (Å²) in [6.45, 7) is 2.09. The van der Waals surface area contributed by atoms with E-state index in [1.165, 1.54) is 5.56 Å². The monoisotopic (exact) mass is 255 g/mol. The van der Waals surface area contributed by atoms with Crippen LogP contribution in [0.2, 0.25) is 0 Å². The van der Waals surface area contributed by atoms with Crippen LogP contribution >= 0.6 is 0 Å². The van der Waals surface area contributed by atoms with Crippen LogP contribution in [0.25, 0.3) is 11.0 Å². The van der Waals surface area contributed by atoms with Gasteiger partial charge in [0.05, 0.1) is 23.4 Å². The zero-order valence-electron chi connectivity index (χ0n) is 11.1. The summed E-state index contributed by atoms with van der Waals surface area (Å²) in [5.74, 6) is 0.902. The van der Waals surface area contributed by atoms with Crippen molar-refractivity contribution in [3.8, 4) is 0 Å². The number of aromatic nitrogens is 4. The van der Waals surface area contributed by atoms with Crippen LogP contribution in [-0.4, -0.2) is 19.5 Å². The summed E-state index contributed by atoms with van der Waals surface area (Å²) in [7, 11) is 2.02. The number of nitrogens with two attached hydrogens (primary N) is 1. The molecule has 98 valence electrons. The van der Waals surface area contributed by atoms with Gasteiger partial charge >= 0.3 is 0 Å². The van der Waals surface area contributed by atoms with E-state index in [1.54, 1.807) is 12.5 Å². The summed E-state index contributed by atoms with van der Waals surface area (Å²) in [6, 6.07) is 6.00. The molecule has 0 radical (unpaired) electrons. The van der Waals surface area contributed by atoms with E-state index in [4.69, 9.17) is 5.73 Å². The van der Waals surface area contributed by atoms with Gasteiger partial charge in [0.25, 0.3) is 0 Å². The van der Waals surface area contributed by atoms with Crippen molar-refractivity contribution in [2.45, 2.75) is 19.4 Å². The maximum absolute atomic E-state index is 6.27. The maximum Gasteiger partial charge on any atom is 0.127 e. The largest absolute Gasteiger partial charge is 0.348 e. The number of nitrogens with zero attached hydrogens (tertiary/aromatic N) is 3. The zero-order chi connectivity index (χ0) is 13.4. The first-order chi connectivity index (χ1) is 9.16. The summed E-state index contributed by atoms with van der Waals surface area (Å²) < 4.78 is 2.09. The summed E-state index contributed by atoms with van der Waals surface area (Å²) in [6.07, 6.45) is 4.17. The third kappa shape index (κ3) is 2.02. The number of benzene rings is 1. The SMILES string of the molecule is Cc1cccc2nc(C(N)Cc3cnc[nH]3)n(C)c12. The Labute approximate surface area is 111 Å². The lowest BCUT2D eigenvalue weighted by molar-refractivity contribution is 0.631. The normalized spacial score (nSPS) is 13.0. The average molecular weight is 255 g/mol. The number of aromatic amines is 1. The molecule has 0 saturated heterocycles. The molecule has 0 bridgehead atoms. The van der Waals surface area contributed by atoms with E-state index in [9.17, 15) is 0 Å². The highest BCUT2D eigenvalue weighted by molar-refractivity contribution is 5.79. The van der Waals surface area contributed by atoms with Crippen LogP contribution in [0.3, 0.4) is 0 Å². The van der Waals surface area contributed by atoms with Gasteiger partial charge in [0.2, 0.25) is 0 Å². The number of rotatable bonds is 3.